The zero-order valence-electron chi connectivity index (χ0n) is 11.6. The zero-order valence-corrected chi connectivity index (χ0v) is 12.4. The van der Waals surface area contributed by atoms with Crippen molar-refractivity contribution in [1.29, 1.82) is 0 Å². The molecule has 2 N–H and O–H groups in total. The molecule has 4 aromatic rings. The summed E-state index contributed by atoms with van der Waals surface area (Å²) in [5, 5.41) is 1.20. The molecule has 0 saturated carbocycles. The molecule has 0 fully saturated rings. The predicted molar refractivity (Wildman–Crippen MR) is 85.5 cm³/mol. The van der Waals surface area contributed by atoms with E-state index in [1.807, 2.05) is 13.8 Å². The van der Waals surface area contributed by atoms with Gasteiger partial charge in [0.25, 0.3) is 0 Å². The summed E-state index contributed by atoms with van der Waals surface area (Å²) in [6, 6.07) is 6.36. The quantitative estimate of drug-likeness (QED) is 0.487. The Morgan fingerprint density at radius 3 is 2.76 bits per heavy atom. The van der Waals surface area contributed by atoms with E-state index in [4.69, 9.17) is 0 Å². The number of benzene rings is 1. The Balaban J connectivity index is 1.78. The highest BCUT2D eigenvalue weighted by Gasteiger charge is 2.05. The summed E-state index contributed by atoms with van der Waals surface area (Å²) in [7, 11) is 0. The van der Waals surface area contributed by atoms with E-state index >= 15 is 0 Å². The van der Waals surface area contributed by atoms with Gasteiger partial charge in [-0.1, -0.05) is 0 Å². The second-order valence-electron chi connectivity index (χ2n) is 4.97. The van der Waals surface area contributed by atoms with E-state index in [2.05, 4.69) is 50.0 Å². The van der Waals surface area contributed by atoms with Crippen molar-refractivity contribution in [3.63, 3.8) is 0 Å². The van der Waals surface area contributed by atoms with Crippen LogP contribution in [-0.2, 0) is 0 Å². The van der Waals surface area contributed by atoms with E-state index in [1.165, 1.54) is 10.1 Å². The number of imidazole rings is 2. The van der Waals surface area contributed by atoms with Crippen molar-refractivity contribution in [1.82, 2.24) is 19.9 Å². The second kappa shape index (κ2) is 4.47. The van der Waals surface area contributed by atoms with Gasteiger partial charge in [-0.15, -0.1) is 11.3 Å². The molecule has 0 radical (unpaired) electrons. The molecular formula is C16H12N4S. The SMILES string of the molecule is Cc1ncc(C#Cc2cc3cc4[nH]c(C)nc4cc3s2)[nH]1. The fourth-order valence-electron chi connectivity index (χ4n) is 2.35. The van der Waals surface area contributed by atoms with Crippen LogP contribution in [0, 0.1) is 25.7 Å². The third-order valence-corrected chi connectivity index (χ3v) is 4.27. The van der Waals surface area contributed by atoms with Crippen molar-refractivity contribution in [2.24, 2.45) is 0 Å². The van der Waals surface area contributed by atoms with Crippen LogP contribution in [0.2, 0.25) is 0 Å². The Kier molecular flexibility index (Phi) is 2.59. The fourth-order valence-corrected chi connectivity index (χ4v) is 3.28. The van der Waals surface area contributed by atoms with Gasteiger partial charge in [0, 0.05) is 4.70 Å². The first kappa shape index (κ1) is 12.2. The van der Waals surface area contributed by atoms with E-state index in [0.29, 0.717) is 0 Å². The molecule has 0 unspecified atom stereocenters. The molecule has 102 valence electrons. The van der Waals surface area contributed by atoms with Crippen molar-refractivity contribution in [2.75, 3.05) is 0 Å². The first-order valence-corrected chi connectivity index (χ1v) is 7.42. The maximum atomic E-state index is 4.47. The molecule has 0 spiro atoms. The van der Waals surface area contributed by atoms with Gasteiger partial charge in [0.1, 0.15) is 17.3 Å². The van der Waals surface area contributed by atoms with Crippen LogP contribution in [-0.4, -0.2) is 19.9 Å². The van der Waals surface area contributed by atoms with Gasteiger partial charge < -0.3 is 9.97 Å². The summed E-state index contributed by atoms with van der Waals surface area (Å²) < 4.78 is 1.21. The number of aromatic amines is 2. The second-order valence-corrected chi connectivity index (χ2v) is 6.06. The summed E-state index contributed by atoms with van der Waals surface area (Å²) in [5.74, 6) is 8.12. The van der Waals surface area contributed by atoms with Gasteiger partial charge in [0.05, 0.1) is 22.1 Å². The predicted octanol–water partition coefficient (Wildman–Crippen LogP) is 3.52. The lowest BCUT2D eigenvalue weighted by Gasteiger charge is -1.88. The van der Waals surface area contributed by atoms with E-state index in [0.717, 1.165) is 33.3 Å². The molecule has 1 aromatic carbocycles. The van der Waals surface area contributed by atoms with Gasteiger partial charge in [-0.05, 0) is 49.3 Å². The third-order valence-electron chi connectivity index (χ3n) is 3.26. The highest BCUT2D eigenvalue weighted by molar-refractivity contribution is 7.19. The summed E-state index contributed by atoms with van der Waals surface area (Å²) in [5.41, 5.74) is 2.92. The summed E-state index contributed by atoms with van der Waals surface area (Å²) in [4.78, 5) is 16.0. The first-order chi connectivity index (χ1) is 10.2. The summed E-state index contributed by atoms with van der Waals surface area (Å²) >= 11 is 1.69. The van der Waals surface area contributed by atoms with Crippen LogP contribution < -0.4 is 0 Å². The lowest BCUT2D eigenvalue weighted by atomic mass is 10.2. The molecule has 0 bridgehead atoms. The molecule has 0 aliphatic carbocycles. The van der Waals surface area contributed by atoms with Gasteiger partial charge in [-0.2, -0.15) is 0 Å². The Hall–Kier alpha value is -2.58. The molecule has 4 nitrogen and oxygen atoms in total. The van der Waals surface area contributed by atoms with Gasteiger partial charge in [-0.25, -0.2) is 9.97 Å². The minimum Gasteiger partial charge on any atom is -0.342 e. The van der Waals surface area contributed by atoms with E-state index < -0.39 is 0 Å². The molecule has 0 amide bonds. The van der Waals surface area contributed by atoms with Crippen LogP contribution in [0.5, 0.6) is 0 Å². The molecule has 0 atom stereocenters. The average molecular weight is 292 g/mol. The highest BCUT2D eigenvalue weighted by atomic mass is 32.1. The largest absolute Gasteiger partial charge is 0.342 e. The normalized spacial score (nSPS) is 11.0. The Morgan fingerprint density at radius 2 is 1.95 bits per heavy atom. The van der Waals surface area contributed by atoms with Crippen molar-refractivity contribution in [3.05, 3.63) is 46.6 Å². The monoisotopic (exact) mass is 292 g/mol. The minimum absolute atomic E-state index is 0.842. The van der Waals surface area contributed by atoms with Gasteiger partial charge in [-0.3, -0.25) is 0 Å². The van der Waals surface area contributed by atoms with Gasteiger partial charge in [0.15, 0.2) is 0 Å². The maximum absolute atomic E-state index is 4.47. The number of nitrogens with one attached hydrogen (secondary N) is 2. The summed E-state index contributed by atoms with van der Waals surface area (Å²) in [6.45, 7) is 3.89. The van der Waals surface area contributed by atoms with Crippen molar-refractivity contribution >= 4 is 32.5 Å². The minimum atomic E-state index is 0.842. The molecule has 21 heavy (non-hydrogen) atoms. The van der Waals surface area contributed by atoms with Crippen LogP contribution >= 0.6 is 11.3 Å². The molecule has 3 aromatic heterocycles. The number of rotatable bonds is 0. The summed E-state index contributed by atoms with van der Waals surface area (Å²) in [6.07, 6.45) is 1.76. The van der Waals surface area contributed by atoms with Crippen LogP contribution in [0.1, 0.15) is 22.2 Å². The van der Waals surface area contributed by atoms with Crippen LogP contribution in [0.15, 0.2) is 24.4 Å². The number of hydrogen-bond donors (Lipinski definition) is 2. The van der Waals surface area contributed by atoms with E-state index in [-0.39, 0.29) is 0 Å². The van der Waals surface area contributed by atoms with Crippen molar-refractivity contribution < 1.29 is 0 Å². The highest BCUT2D eigenvalue weighted by Crippen LogP contribution is 2.28. The molecule has 0 aliphatic rings. The first-order valence-electron chi connectivity index (χ1n) is 6.61. The molecule has 4 rings (SSSR count). The molecule has 0 saturated heterocycles. The molecular weight excluding hydrogens is 280 g/mol. The molecule has 3 heterocycles. The maximum Gasteiger partial charge on any atom is 0.110 e. The lowest BCUT2D eigenvalue weighted by Crippen LogP contribution is -1.73. The Morgan fingerprint density at radius 1 is 1.05 bits per heavy atom. The number of H-pyrrole nitrogens is 2. The third kappa shape index (κ3) is 2.20. The Bertz CT molecular complexity index is 972. The number of thiophene rings is 1. The Labute approximate surface area is 125 Å². The van der Waals surface area contributed by atoms with Crippen molar-refractivity contribution in [2.45, 2.75) is 13.8 Å². The number of hydrogen-bond acceptors (Lipinski definition) is 3. The van der Waals surface area contributed by atoms with Crippen LogP contribution in [0.25, 0.3) is 21.1 Å². The van der Waals surface area contributed by atoms with Gasteiger partial charge >= 0.3 is 0 Å². The van der Waals surface area contributed by atoms with Crippen LogP contribution in [0.3, 0.4) is 0 Å². The zero-order chi connectivity index (χ0) is 14.4. The number of fused-ring (bicyclic) bond motifs is 2. The van der Waals surface area contributed by atoms with Crippen molar-refractivity contribution in [3.8, 4) is 11.8 Å². The average Bonchev–Trinajstić information content (AvgIpc) is 3.10. The standard InChI is InChI=1S/C16H12N4S/c1-9-17-8-12(18-9)3-4-13-5-11-6-14-15(7-16(11)21-13)20-10(2)19-14/h5-8H,1-2H3,(H,17,18)(H,19,20). The van der Waals surface area contributed by atoms with E-state index in [9.17, 15) is 0 Å². The fraction of sp³-hybridized carbons (Fsp3) is 0.125. The smallest absolute Gasteiger partial charge is 0.110 e. The number of nitrogens with zero attached hydrogens (tertiary/aromatic N) is 2. The number of aromatic nitrogens is 4. The van der Waals surface area contributed by atoms with Crippen LogP contribution in [0.4, 0.5) is 0 Å². The number of aryl methyl sites for hydroxylation is 2. The van der Waals surface area contributed by atoms with Gasteiger partial charge in [0.2, 0.25) is 0 Å². The van der Waals surface area contributed by atoms with E-state index in [1.54, 1.807) is 17.5 Å². The lowest BCUT2D eigenvalue weighted by molar-refractivity contribution is 1.14. The molecule has 5 heteroatoms. The molecule has 0 aliphatic heterocycles. The topological polar surface area (TPSA) is 57.4 Å².